The molecule has 0 aliphatic rings. The number of rotatable bonds is 3. The number of alkyl halides is 3. The summed E-state index contributed by atoms with van der Waals surface area (Å²) in [5.41, 5.74) is 2.23. The lowest BCUT2D eigenvalue weighted by atomic mass is 10.1. The van der Waals surface area contributed by atoms with Crippen LogP contribution in [0, 0.1) is 0 Å². The standard InChI is InChI=1S/C17H14F3NS/c1-2-3-11-4-9-14-15(10-11)22-16(21-14)12-5-7-13(8-6-12)17(18,19)20/h4-10H,2-3H2,1H3. The molecule has 1 aromatic heterocycles. The summed E-state index contributed by atoms with van der Waals surface area (Å²) in [6.07, 6.45) is -2.21. The molecule has 1 heterocycles. The van der Waals surface area contributed by atoms with Crippen LogP contribution in [-0.2, 0) is 12.6 Å². The van der Waals surface area contributed by atoms with E-state index >= 15 is 0 Å². The molecule has 0 amide bonds. The lowest BCUT2D eigenvalue weighted by Gasteiger charge is -2.06. The average Bonchev–Trinajstić information content (AvgIpc) is 2.90. The second kappa shape index (κ2) is 5.72. The molecule has 0 bridgehead atoms. The van der Waals surface area contributed by atoms with Crippen LogP contribution in [0.4, 0.5) is 13.2 Å². The molecule has 0 saturated carbocycles. The van der Waals surface area contributed by atoms with Crippen molar-refractivity contribution in [2.24, 2.45) is 0 Å². The molecule has 5 heteroatoms. The molecular formula is C17H14F3NS. The summed E-state index contributed by atoms with van der Waals surface area (Å²) < 4.78 is 38.9. The highest BCUT2D eigenvalue weighted by molar-refractivity contribution is 7.21. The summed E-state index contributed by atoms with van der Waals surface area (Å²) in [6.45, 7) is 2.13. The van der Waals surface area contributed by atoms with Crippen molar-refractivity contribution in [1.29, 1.82) is 0 Å². The van der Waals surface area contributed by atoms with Gasteiger partial charge in [-0.25, -0.2) is 4.98 Å². The number of benzene rings is 2. The van der Waals surface area contributed by atoms with Gasteiger partial charge in [0, 0.05) is 5.56 Å². The zero-order valence-corrected chi connectivity index (χ0v) is 12.8. The Bertz CT molecular complexity index is 788. The van der Waals surface area contributed by atoms with Crippen molar-refractivity contribution in [2.75, 3.05) is 0 Å². The summed E-state index contributed by atoms with van der Waals surface area (Å²) >= 11 is 1.51. The molecule has 0 aliphatic carbocycles. The summed E-state index contributed by atoms with van der Waals surface area (Å²) in [7, 11) is 0. The molecule has 0 unspecified atom stereocenters. The summed E-state index contributed by atoms with van der Waals surface area (Å²) in [5, 5.41) is 0.748. The van der Waals surface area contributed by atoms with Gasteiger partial charge in [-0.05, 0) is 36.2 Å². The van der Waals surface area contributed by atoms with E-state index in [2.05, 4.69) is 24.0 Å². The molecule has 3 rings (SSSR count). The molecule has 22 heavy (non-hydrogen) atoms. The summed E-state index contributed by atoms with van der Waals surface area (Å²) in [6, 6.07) is 11.3. The molecule has 0 radical (unpaired) electrons. The molecule has 0 fully saturated rings. The highest BCUT2D eigenvalue weighted by Gasteiger charge is 2.30. The first-order valence-electron chi connectivity index (χ1n) is 7.04. The molecule has 2 aromatic carbocycles. The average molecular weight is 321 g/mol. The van der Waals surface area contributed by atoms with Crippen LogP contribution in [0.1, 0.15) is 24.5 Å². The van der Waals surface area contributed by atoms with Crippen LogP contribution < -0.4 is 0 Å². The van der Waals surface area contributed by atoms with Gasteiger partial charge in [0.05, 0.1) is 15.8 Å². The molecule has 1 nitrogen and oxygen atoms in total. The fourth-order valence-corrected chi connectivity index (χ4v) is 3.37. The first-order valence-corrected chi connectivity index (χ1v) is 7.86. The van der Waals surface area contributed by atoms with E-state index in [0.717, 1.165) is 40.2 Å². The lowest BCUT2D eigenvalue weighted by Crippen LogP contribution is -2.03. The van der Waals surface area contributed by atoms with Gasteiger partial charge in [0.2, 0.25) is 0 Å². The Morgan fingerprint density at radius 1 is 1.05 bits per heavy atom. The predicted molar refractivity (Wildman–Crippen MR) is 84.1 cm³/mol. The monoisotopic (exact) mass is 321 g/mol. The molecule has 0 aliphatic heterocycles. The minimum absolute atomic E-state index is 0.636. The van der Waals surface area contributed by atoms with Gasteiger partial charge in [0.15, 0.2) is 0 Å². The van der Waals surface area contributed by atoms with E-state index in [1.165, 1.54) is 29.0 Å². The van der Waals surface area contributed by atoms with Crippen LogP contribution in [0.2, 0.25) is 0 Å². The Balaban J connectivity index is 1.96. The van der Waals surface area contributed by atoms with Crippen molar-refractivity contribution >= 4 is 21.6 Å². The molecule has 114 valence electrons. The maximum Gasteiger partial charge on any atom is 0.416 e. The number of thiazole rings is 1. The van der Waals surface area contributed by atoms with Gasteiger partial charge in [-0.2, -0.15) is 13.2 Å². The summed E-state index contributed by atoms with van der Waals surface area (Å²) in [5.74, 6) is 0. The summed E-state index contributed by atoms with van der Waals surface area (Å²) in [4.78, 5) is 4.51. The first kappa shape index (κ1) is 15.0. The van der Waals surface area contributed by atoms with Crippen molar-refractivity contribution in [1.82, 2.24) is 4.98 Å². The number of fused-ring (bicyclic) bond motifs is 1. The van der Waals surface area contributed by atoms with E-state index in [0.29, 0.717) is 5.56 Å². The van der Waals surface area contributed by atoms with Gasteiger partial charge in [0.1, 0.15) is 5.01 Å². The SMILES string of the molecule is CCCc1ccc2nc(-c3ccc(C(F)(F)F)cc3)sc2c1. The third-order valence-electron chi connectivity index (χ3n) is 3.45. The third-order valence-corrected chi connectivity index (χ3v) is 4.52. The maximum absolute atomic E-state index is 12.6. The molecule has 0 saturated heterocycles. The van der Waals surface area contributed by atoms with Gasteiger partial charge < -0.3 is 0 Å². The fourth-order valence-electron chi connectivity index (χ4n) is 2.34. The van der Waals surface area contributed by atoms with E-state index in [4.69, 9.17) is 0 Å². The molecule has 0 atom stereocenters. The maximum atomic E-state index is 12.6. The normalized spacial score (nSPS) is 12.0. The number of nitrogens with zero attached hydrogens (tertiary/aromatic N) is 1. The quantitative estimate of drug-likeness (QED) is 0.582. The Hall–Kier alpha value is -1.88. The Labute approximate surface area is 130 Å². The number of hydrogen-bond acceptors (Lipinski definition) is 2. The van der Waals surface area contributed by atoms with E-state index in [1.54, 1.807) is 0 Å². The zero-order valence-electron chi connectivity index (χ0n) is 11.9. The molecular weight excluding hydrogens is 307 g/mol. The van der Waals surface area contributed by atoms with Gasteiger partial charge in [-0.15, -0.1) is 11.3 Å². The van der Waals surface area contributed by atoms with Crippen molar-refractivity contribution in [3.05, 3.63) is 53.6 Å². The van der Waals surface area contributed by atoms with Crippen LogP contribution in [0.15, 0.2) is 42.5 Å². The van der Waals surface area contributed by atoms with Crippen molar-refractivity contribution in [2.45, 2.75) is 25.9 Å². The van der Waals surface area contributed by atoms with Crippen LogP contribution in [0.5, 0.6) is 0 Å². The van der Waals surface area contributed by atoms with Crippen LogP contribution in [0.3, 0.4) is 0 Å². The topological polar surface area (TPSA) is 12.9 Å². The van der Waals surface area contributed by atoms with Crippen LogP contribution >= 0.6 is 11.3 Å². The smallest absolute Gasteiger partial charge is 0.236 e. The molecule has 0 spiro atoms. The number of halogens is 3. The highest BCUT2D eigenvalue weighted by atomic mass is 32.1. The largest absolute Gasteiger partial charge is 0.416 e. The predicted octanol–water partition coefficient (Wildman–Crippen LogP) is 5.93. The second-order valence-corrected chi connectivity index (χ2v) is 6.18. The Morgan fingerprint density at radius 3 is 2.41 bits per heavy atom. The first-order chi connectivity index (χ1) is 10.5. The van der Waals surface area contributed by atoms with Crippen LogP contribution in [-0.4, -0.2) is 4.98 Å². The molecule has 0 N–H and O–H groups in total. The number of aromatic nitrogens is 1. The van der Waals surface area contributed by atoms with E-state index in [9.17, 15) is 13.2 Å². The number of aryl methyl sites for hydroxylation is 1. The minimum Gasteiger partial charge on any atom is -0.236 e. The van der Waals surface area contributed by atoms with Gasteiger partial charge in [0.25, 0.3) is 0 Å². The van der Waals surface area contributed by atoms with E-state index < -0.39 is 11.7 Å². The number of hydrogen-bond donors (Lipinski definition) is 0. The molecule has 3 aromatic rings. The minimum atomic E-state index is -4.30. The fraction of sp³-hybridized carbons (Fsp3) is 0.235. The zero-order chi connectivity index (χ0) is 15.7. The van der Waals surface area contributed by atoms with Crippen molar-refractivity contribution in [3.63, 3.8) is 0 Å². The van der Waals surface area contributed by atoms with Crippen molar-refractivity contribution in [3.8, 4) is 10.6 Å². The van der Waals surface area contributed by atoms with E-state index in [-0.39, 0.29) is 0 Å². The van der Waals surface area contributed by atoms with E-state index in [1.807, 2.05) is 6.07 Å². The van der Waals surface area contributed by atoms with Crippen molar-refractivity contribution < 1.29 is 13.2 Å². The van der Waals surface area contributed by atoms with Gasteiger partial charge >= 0.3 is 6.18 Å². The van der Waals surface area contributed by atoms with Gasteiger partial charge in [-0.3, -0.25) is 0 Å². The highest BCUT2D eigenvalue weighted by Crippen LogP contribution is 2.34. The second-order valence-electron chi connectivity index (χ2n) is 5.15. The Kier molecular flexibility index (Phi) is 3.91. The lowest BCUT2D eigenvalue weighted by molar-refractivity contribution is -0.137. The third kappa shape index (κ3) is 2.99. The van der Waals surface area contributed by atoms with Gasteiger partial charge in [-0.1, -0.05) is 31.5 Å². The Morgan fingerprint density at radius 2 is 1.77 bits per heavy atom. The van der Waals surface area contributed by atoms with Crippen LogP contribution in [0.25, 0.3) is 20.8 Å².